The van der Waals surface area contributed by atoms with E-state index in [0.717, 1.165) is 12.8 Å². The number of rotatable bonds is 4. The van der Waals surface area contributed by atoms with E-state index in [0.29, 0.717) is 6.42 Å². The molecule has 5 N–H and O–H groups in total. The molecule has 0 bridgehead atoms. The fourth-order valence-corrected chi connectivity index (χ4v) is 1.89. The van der Waals surface area contributed by atoms with E-state index in [2.05, 4.69) is 5.32 Å². The van der Waals surface area contributed by atoms with Gasteiger partial charge in [0.25, 0.3) is 0 Å². The summed E-state index contributed by atoms with van der Waals surface area (Å²) in [6.45, 7) is 2.22. The van der Waals surface area contributed by atoms with Crippen molar-refractivity contribution < 1.29 is 20.4 Å². The highest BCUT2D eigenvalue weighted by molar-refractivity contribution is 4.95. The minimum absolute atomic E-state index is 0.200. The third-order valence-electron chi connectivity index (χ3n) is 2.94. The number of aliphatic hydroxyl groups is 4. The molecule has 5 nitrogen and oxygen atoms in total. The van der Waals surface area contributed by atoms with Crippen molar-refractivity contribution in [3.63, 3.8) is 0 Å². The SMILES string of the molecule is CCCCC(O)[C@H]1NCC(O)C(O)C1O. The van der Waals surface area contributed by atoms with Gasteiger partial charge in [-0.1, -0.05) is 19.8 Å². The first-order chi connectivity index (χ1) is 7.07. The van der Waals surface area contributed by atoms with Crippen molar-refractivity contribution in [2.24, 2.45) is 0 Å². The lowest BCUT2D eigenvalue weighted by Gasteiger charge is -2.38. The predicted octanol–water partition coefficient (Wildman–Crippen LogP) is -1.41. The summed E-state index contributed by atoms with van der Waals surface area (Å²) in [5.41, 5.74) is 0. The molecule has 0 spiro atoms. The molecule has 0 aromatic carbocycles. The summed E-state index contributed by atoms with van der Waals surface area (Å²) in [6.07, 6.45) is -1.48. The molecule has 0 amide bonds. The third kappa shape index (κ3) is 3.12. The average Bonchev–Trinajstić information content (AvgIpc) is 2.23. The Morgan fingerprint density at radius 2 is 1.93 bits per heavy atom. The lowest BCUT2D eigenvalue weighted by Crippen LogP contribution is -2.63. The second-order valence-electron chi connectivity index (χ2n) is 4.19. The second kappa shape index (κ2) is 5.77. The highest BCUT2D eigenvalue weighted by Gasteiger charge is 2.39. The molecule has 0 aromatic rings. The Hall–Kier alpha value is -0.200. The molecule has 1 saturated heterocycles. The number of hydrogen-bond donors (Lipinski definition) is 5. The van der Waals surface area contributed by atoms with Gasteiger partial charge in [-0.15, -0.1) is 0 Å². The molecule has 1 aliphatic rings. The van der Waals surface area contributed by atoms with Crippen LogP contribution in [0.4, 0.5) is 0 Å². The van der Waals surface area contributed by atoms with E-state index in [4.69, 9.17) is 0 Å². The number of nitrogens with one attached hydrogen (secondary N) is 1. The van der Waals surface area contributed by atoms with Crippen LogP contribution < -0.4 is 5.32 Å². The minimum Gasteiger partial charge on any atom is -0.391 e. The number of hydrogen-bond acceptors (Lipinski definition) is 5. The Balaban J connectivity index is 2.47. The molecule has 1 heterocycles. The first-order valence-corrected chi connectivity index (χ1v) is 5.53. The predicted molar refractivity (Wildman–Crippen MR) is 55.3 cm³/mol. The summed E-state index contributed by atoms with van der Waals surface area (Å²) in [5.74, 6) is 0. The van der Waals surface area contributed by atoms with Crippen molar-refractivity contribution in [1.29, 1.82) is 0 Å². The van der Waals surface area contributed by atoms with Gasteiger partial charge in [0.05, 0.1) is 18.2 Å². The molecule has 4 unspecified atom stereocenters. The van der Waals surface area contributed by atoms with Crippen molar-refractivity contribution in [1.82, 2.24) is 5.32 Å². The molecule has 1 aliphatic heterocycles. The van der Waals surface area contributed by atoms with Crippen molar-refractivity contribution >= 4 is 0 Å². The van der Waals surface area contributed by atoms with Gasteiger partial charge >= 0.3 is 0 Å². The van der Waals surface area contributed by atoms with Gasteiger partial charge < -0.3 is 25.7 Å². The summed E-state index contributed by atoms with van der Waals surface area (Å²) in [5, 5.41) is 41.0. The van der Waals surface area contributed by atoms with Gasteiger partial charge in [0.2, 0.25) is 0 Å². The minimum atomic E-state index is -1.17. The molecule has 90 valence electrons. The zero-order chi connectivity index (χ0) is 11.4. The van der Waals surface area contributed by atoms with Gasteiger partial charge in [-0.05, 0) is 6.42 Å². The second-order valence-corrected chi connectivity index (χ2v) is 4.19. The Kier molecular flexibility index (Phi) is 4.95. The van der Waals surface area contributed by atoms with Gasteiger partial charge in [-0.3, -0.25) is 0 Å². The van der Waals surface area contributed by atoms with E-state index in [9.17, 15) is 20.4 Å². The zero-order valence-electron chi connectivity index (χ0n) is 9.00. The average molecular weight is 219 g/mol. The lowest BCUT2D eigenvalue weighted by molar-refractivity contribution is -0.114. The van der Waals surface area contributed by atoms with Gasteiger partial charge in [-0.2, -0.15) is 0 Å². The lowest BCUT2D eigenvalue weighted by atomic mass is 9.90. The maximum absolute atomic E-state index is 9.76. The van der Waals surface area contributed by atoms with Crippen molar-refractivity contribution in [3.8, 4) is 0 Å². The number of aliphatic hydroxyl groups excluding tert-OH is 4. The fourth-order valence-electron chi connectivity index (χ4n) is 1.89. The molecule has 0 aromatic heterocycles. The number of piperidine rings is 1. The highest BCUT2D eigenvalue weighted by Crippen LogP contribution is 2.16. The maximum Gasteiger partial charge on any atom is 0.109 e. The van der Waals surface area contributed by atoms with Gasteiger partial charge in [0, 0.05) is 6.54 Å². The van der Waals surface area contributed by atoms with Crippen LogP contribution in [-0.4, -0.2) is 57.4 Å². The van der Waals surface area contributed by atoms with Crippen LogP contribution in [0.2, 0.25) is 0 Å². The van der Waals surface area contributed by atoms with Crippen molar-refractivity contribution in [2.45, 2.75) is 56.6 Å². The first kappa shape index (κ1) is 12.9. The van der Waals surface area contributed by atoms with E-state index < -0.39 is 30.5 Å². The smallest absolute Gasteiger partial charge is 0.109 e. The van der Waals surface area contributed by atoms with Gasteiger partial charge in [0.15, 0.2) is 0 Å². The topological polar surface area (TPSA) is 93.0 Å². The molecule has 0 radical (unpaired) electrons. The summed E-state index contributed by atoms with van der Waals surface area (Å²) >= 11 is 0. The van der Waals surface area contributed by atoms with E-state index in [1.54, 1.807) is 0 Å². The van der Waals surface area contributed by atoms with Crippen LogP contribution in [0, 0.1) is 0 Å². The van der Waals surface area contributed by atoms with E-state index in [1.807, 2.05) is 6.92 Å². The molecule has 5 atom stereocenters. The third-order valence-corrected chi connectivity index (χ3v) is 2.94. The van der Waals surface area contributed by atoms with Crippen LogP contribution in [0.25, 0.3) is 0 Å². The van der Waals surface area contributed by atoms with E-state index in [1.165, 1.54) is 0 Å². The van der Waals surface area contributed by atoms with E-state index >= 15 is 0 Å². The Bertz CT molecular complexity index is 190. The van der Waals surface area contributed by atoms with E-state index in [-0.39, 0.29) is 6.54 Å². The first-order valence-electron chi connectivity index (χ1n) is 5.53. The molecule has 1 rings (SSSR count). The quantitative estimate of drug-likeness (QED) is 0.401. The number of β-amino-alcohol motifs (C(OH)–C–C–N with tert-alkyl or cyclic N) is 1. The Morgan fingerprint density at radius 3 is 2.53 bits per heavy atom. The fraction of sp³-hybridized carbons (Fsp3) is 1.00. The largest absolute Gasteiger partial charge is 0.391 e. The Morgan fingerprint density at radius 1 is 1.27 bits per heavy atom. The van der Waals surface area contributed by atoms with Crippen LogP contribution in [0.5, 0.6) is 0 Å². The van der Waals surface area contributed by atoms with Crippen LogP contribution in [0.3, 0.4) is 0 Å². The van der Waals surface area contributed by atoms with Crippen LogP contribution in [-0.2, 0) is 0 Å². The molecule has 5 heteroatoms. The monoisotopic (exact) mass is 219 g/mol. The summed E-state index contributed by atoms with van der Waals surface area (Å²) in [6, 6.07) is -0.546. The standard InChI is InChI=1S/C10H21NO4/c1-2-3-4-6(12)8-10(15)9(14)7(13)5-11-8/h6-15H,2-5H2,1H3/t6?,7?,8-,9?,10?/m1/s1. The summed E-state index contributed by atoms with van der Waals surface area (Å²) in [7, 11) is 0. The Labute approximate surface area is 89.7 Å². The van der Waals surface area contributed by atoms with Gasteiger partial charge in [0.1, 0.15) is 12.2 Å². The summed E-state index contributed by atoms with van der Waals surface area (Å²) in [4.78, 5) is 0. The van der Waals surface area contributed by atoms with Crippen LogP contribution in [0.1, 0.15) is 26.2 Å². The van der Waals surface area contributed by atoms with Crippen LogP contribution >= 0.6 is 0 Å². The molecule has 15 heavy (non-hydrogen) atoms. The maximum atomic E-state index is 9.76. The summed E-state index contributed by atoms with van der Waals surface area (Å²) < 4.78 is 0. The number of unbranched alkanes of at least 4 members (excludes halogenated alkanes) is 1. The normalized spacial score (nSPS) is 39.0. The molecular weight excluding hydrogens is 198 g/mol. The molecule has 0 aliphatic carbocycles. The molecular formula is C10H21NO4. The van der Waals surface area contributed by atoms with Crippen molar-refractivity contribution in [3.05, 3.63) is 0 Å². The zero-order valence-corrected chi connectivity index (χ0v) is 9.00. The molecule has 0 saturated carbocycles. The van der Waals surface area contributed by atoms with Gasteiger partial charge in [-0.25, -0.2) is 0 Å². The van der Waals surface area contributed by atoms with Crippen molar-refractivity contribution in [2.75, 3.05) is 6.54 Å². The molecule has 1 fully saturated rings. The van der Waals surface area contributed by atoms with Crippen LogP contribution in [0.15, 0.2) is 0 Å². The highest BCUT2D eigenvalue weighted by atomic mass is 16.4.